The molecule has 0 saturated carbocycles. The Morgan fingerprint density at radius 3 is 2.67 bits per heavy atom. The van der Waals surface area contributed by atoms with Crippen LogP contribution < -0.4 is 0 Å². The maximum Gasteiger partial charge on any atom is 0.186 e. The molecule has 0 aliphatic heterocycles. The van der Waals surface area contributed by atoms with Crippen molar-refractivity contribution in [3.63, 3.8) is 0 Å². The lowest BCUT2D eigenvalue weighted by Crippen LogP contribution is -2.30. The lowest BCUT2D eigenvalue weighted by molar-refractivity contribution is 0.328. The number of hydrogen-bond acceptors (Lipinski definition) is 3. The first-order chi connectivity index (χ1) is 5.62. The summed E-state index contributed by atoms with van der Waals surface area (Å²) in [5, 5.41) is 10.4. The summed E-state index contributed by atoms with van der Waals surface area (Å²) in [6, 6.07) is 1.16. The second kappa shape index (κ2) is 6.52. The van der Waals surface area contributed by atoms with E-state index in [4.69, 9.17) is 9.69 Å². The molecule has 0 fully saturated rings. The van der Waals surface area contributed by atoms with E-state index in [1.165, 1.54) is 11.8 Å². The highest BCUT2D eigenvalue weighted by Crippen LogP contribution is 2.15. The number of nitrogens with zero attached hydrogens (tertiary/aromatic N) is 1. The van der Waals surface area contributed by atoms with E-state index in [2.05, 4.69) is 18.5 Å². The van der Waals surface area contributed by atoms with Gasteiger partial charge in [-0.1, -0.05) is 0 Å². The van der Waals surface area contributed by atoms with E-state index in [9.17, 15) is 0 Å². The van der Waals surface area contributed by atoms with E-state index >= 15 is 0 Å². The zero-order valence-electron chi connectivity index (χ0n) is 8.09. The Morgan fingerprint density at radius 1 is 1.50 bits per heavy atom. The van der Waals surface area contributed by atoms with Gasteiger partial charge in [0, 0.05) is 12.4 Å². The molecule has 0 heterocycles. The topological polar surface area (TPSA) is 33.0 Å². The Morgan fingerprint density at radius 2 is 2.17 bits per heavy atom. The lowest BCUT2D eigenvalue weighted by atomic mass is 10.6. The van der Waals surface area contributed by atoms with Crippen molar-refractivity contribution in [2.45, 2.75) is 32.5 Å². The van der Waals surface area contributed by atoms with Gasteiger partial charge in [0.2, 0.25) is 0 Å². The minimum absolute atomic E-state index is 0.824. The molecule has 0 bridgehead atoms. The Hall–Kier alpha value is 0.0169. The number of thioether (sulfide) groups is 1. The summed E-state index contributed by atoms with van der Waals surface area (Å²) < 4.78 is 5.66. The third kappa shape index (κ3) is 6.71. The second-order valence-corrected chi connectivity index (χ2v) is 8.42. The molecule has 0 aromatic heterocycles. The summed E-state index contributed by atoms with van der Waals surface area (Å²) in [4.78, 5) is 0. The van der Waals surface area contributed by atoms with E-state index in [1.54, 1.807) is 0 Å². The van der Waals surface area contributed by atoms with Crippen molar-refractivity contribution in [3.05, 3.63) is 0 Å². The van der Waals surface area contributed by atoms with Crippen molar-refractivity contribution in [1.29, 1.82) is 5.26 Å². The van der Waals surface area contributed by atoms with Crippen LogP contribution in [0.25, 0.3) is 0 Å². The van der Waals surface area contributed by atoms with E-state index in [0.717, 1.165) is 24.8 Å². The molecule has 0 aliphatic rings. The smallest absolute Gasteiger partial charge is 0.186 e. The van der Waals surface area contributed by atoms with Crippen molar-refractivity contribution < 1.29 is 4.43 Å². The van der Waals surface area contributed by atoms with Crippen LogP contribution in [0.3, 0.4) is 0 Å². The fourth-order valence-corrected chi connectivity index (χ4v) is 3.67. The van der Waals surface area contributed by atoms with Crippen LogP contribution >= 0.6 is 11.8 Å². The van der Waals surface area contributed by atoms with Gasteiger partial charge in [0.1, 0.15) is 5.40 Å². The monoisotopic (exact) mass is 203 g/mol. The predicted molar refractivity (Wildman–Crippen MR) is 56.6 cm³/mol. The quantitative estimate of drug-likeness (QED) is 0.378. The van der Waals surface area contributed by atoms with Crippen LogP contribution in [0.4, 0.5) is 0 Å². The van der Waals surface area contributed by atoms with Gasteiger partial charge in [-0.2, -0.15) is 5.26 Å². The second-order valence-electron chi connectivity index (χ2n) is 3.24. The summed E-state index contributed by atoms with van der Waals surface area (Å²) in [5.41, 5.74) is 0. The summed E-state index contributed by atoms with van der Waals surface area (Å²) >= 11 is 1.34. The molecule has 70 valence electrons. The van der Waals surface area contributed by atoms with Crippen molar-refractivity contribution in [2.24, 2.45) is 0 Å². The van der Waals surface area contributed by atoms with E-state index in [-0.39, 0.29) is 0 Å². The first kappa shape index (κ1) is 12.0. The lowest BCUT2D eigenvalue weighted by Gasteiger charge is -2.21. The molecule has 0 aromatic rings. The first-order valence-electron chi connectivity index (χ1n) is 4.27. The molecule has 12 heavy (non-hydrogen) atoms. The molecule has 2 nitrogen and oxygen atoms in total. The van der Waals surface area contributed by atoms with E-state index in [0.29, 0.717) is 0 Å². The fourth-order valence-electron chi connectivity index (χ4n) is 1.08. The zero-order chi connectivity index (χ0) is 9.45. The maximum atomic E-state index is 8.29. The van der Waals surface area contributed by atoms with Crippen molar-refractivity contribution in [2.75, 3.05) is 12.4 Å². The highest BCUT2D eigenvalue weighted by Gasteiger charge is 2.20. The molecule has 0 rings (SSSR count). The molecule has 0 aliphatic carbocycles. The van der Waals surface area contributed by atoms with E-state index in [1.807, 2.05) is 6.92 Å². The SMILES string of the molecule is CCO[Si](C)(C)CCCSC#N. The Kier molecular flexibility index (Phi) is 6.53. The van der Waals surface area contributed by atoms with Crippen LogP contribution in [0.2, 0.25) is 19.1 Å². The molecule has 0 unspecified atom stereocenters. The van der Waals surface area contributed by atoms with Gasteiger partial charge in [-0.25, -0.2) is 0 Å². The van der Waals surface area contributed by atoms with Crippen molar-refractivity contribution in [1.82, 2.24) is 0 Å². The number of thiocyanates is 1. The molecule has 0 amide bonds. The van der Waals surface area contributed by atoms with Gasteiger partial charge < -0.3 is 4.43 Å². The zero-order valence-corrected chi connectivity index (χ0v) is 9.91. The van der Waals surface area contributed by atoms with Gasteiger partial charge in [0.15, 0.2) is 8.32 Å². The van der Waals surface area contributed by atoms with Gasteiger partial charge in [-0.3, -0.25) is 0 Å². The van der Waals surface area contributed by atoms with Crippen LogP contribution in [0.1, 0.15) is 13.3 Å². The van der Waals surface area contributed by atoms with E-state index < -0.39 is 8.32 Å². The Labute approximate surface area is 80.4 Å². The molecule has 4 heteroatoms. The molecule has 0 radical (unpaired) electrons. The summed E-state index contributed by atoms with van der Waals surface area (Å²) in [6.07, 6.45) is 1.11. The number of rotatable bonds is 6. The molecule has 0 atom stereocenters. The molecule has 0 N–H and O–H groups in total. The van der Waals surface area contributed by atoms with Crippen LogP contribution in [-0.2, 0) is 4.43 Å². The molecule has 0 aromatic carbocycles. The van der Waals surface area contributed by atoms with Gasteiger partial charge in [-0.05, 0) is 44.2 Å². The normalized spacial score (nSPS) is 11.2. The molecular formula is C8H17NOSSi. The minimum atomic E-state index is -1.38. The molecule has 0 spiro atoms. The maximum absolute atomic E-state index is 8.29. The highest BCUT2D eigenvalue weighted by atomic mass is 32.2. The van der Waals surface area contributed by atoms with Gasteiger partial charge in [0.05, 0.1) is 0 Å². The average Bonchev–Trinajstić information content (AvgIpc) is 1.98. The fraction of sp³-hybridized carbons (Fsp3) is 0.875. The number of nitriles is 1. The van der Waals surface area contributed by atoms with Crippen LogP contribution in [0.5, 0.6) is 0 Å². The summed E-state index contributed by atoms with van der Waals surface area (Å²) in [5.74, 6) is 0.944. The van der Waals surface area contributed by atoms with Gasteiger partial charge in [-0.15, -0.1) is 0 Å². The van der Waals surface area contributed by atoms with Gasteiger partial charge >= 0.3 is 0 Å². The summed E-state index contributed by atoms with van der Waals surface area (Å²) in [6.45, 7) is 7.32. The first-order valence-corrected chi connectivity index (χ1v) is 8.37. The summed E-state index contributed by atoms with van der Waals surface area (Å²) in [7, 11) is -1.38. The van der Waals surface area contributed by atoms with Crippen molar-refractivity contribution >= 4 is 20.1 Å². The third-order valence-corrected chi connectivity index (χ3v) is 4.87. The highest BCUT2D eigenvalue weighted by molar-refractivity contribution is 8.03. The van der Waals surface area contributed by atoms with Gasteiger partial charge in [0.25, 0.3) is 0 Å². The third-order valence-electron chi connectivity index (χ3n) is 1.62. The van der Waals surface area contributed by atoms with Crippen LogP contribution in [-0.4, -0.2) is 20.7 Å². The van der Waals surface area contributed by atoms with Crippen LogP contribution in [0, 0.1) is 10.7 Å². The predicted octanol–water partition coefficient (Wildman–Crippen LogP) is 2.83. The van der Waals surface area contributed by atoms with Crippen molar-refractivity contribution in [3.8, 4) is 5.40 Å². The largest absolute Gasteiger partial charge is 0.418 e. The minimum Gasteiger partial charge on any atom is -0.418 e. The molecular weight excluding hydrogens is 186 g/mol. The van der Waals surface area contributed by atoms with Crippen LogP contribution in [0.15, 0.2) is 0 Å². The number of hydrogen-bond donors (Lipinski definition) is 0. The average molecular weight is 203 g/mol. The molecule has 0 saturated heterocycles. The Bertz CT molecular complexity index is 156. The standard InChI is InChI=1S/C8H17NOSSi/c1-4-10-12(2,3)7-5-6-11-8-9/h4-7H2,1-3H3. The Balaban J connectivity index is 3.41.